The van der Waals surface area contributed by atoms with Crippen LogP contribution < -0.4 is 0 Å². The molecule has 0 amide bonds. The van der Waals surface area contributed by atoms with Gasteiger partial charge in [-0.15, -0.1) is 11.8 Å². The van der Waals surface area contributed by atoms with Crippen molar-refractivity contribution in [1.82, 2.24) is 0 Å². The third kappa shape index (κ3) is 6.99. The summed E-state index contributed by atoms with van der Waals surface area (Å²) in [6.45, 7) is 1.07. The van der Waals surface area contributed by atoms with Gasteiger partial charge < -0.3 is 0 Å². The highest BCUT2D eigenvalue weighted by Gasteiger charge is 1.99. The Morgan fingerprint density at radius 1 is 0.800 bits per heavy atom. The maximum Gasteiger partial charge on any atom is 0.0673 e. The fourth-order valence-corrected chi connectivity index (χ4v) is 2.64. The van der Waals surface area contributed by atoms with E-state index in [2.05, 4.69) is 11.2 Å². The zero-order valence-corrected chi connectivity index (χ0v) is 11.0. The highest BCUT2D eigenvalue weighted by molar-refractivity contribution is 8.13. The summed E-state index contributed by atoms with van der Waals surface area (Å²) >= 11 is 1.85. The molecule has 0 aliphatic carbocycles. The molecule has 1 nitrogen and oxygen atoms in total. The molecule has 0 fully saturated rings. The first-order chi connectivity index (χ1) is 7.43. The summed E-state index contributed by atoms with van der Waals surface area (Å²) in [7, 11) is 0. The lowest BCUT2D eigenvalue weighted by molar-refractivity contribution is 0.567. The Labute approximate surface area is 99.1 Å². The van der Waals surface area contributed by atoms with E-state index in [1.54, 1.807) is 0 Å². The van der Waals surface area contributed by atoms with Gasteiger partial charge in [-0.2, -0.15) is 0 Å². The van der Waals surface area contributed by atoms with Crippen LogP contribution in [-0.2, 0) is 0 Å². The first-order valence-corrected chi connectivity index (χ1v) is 7.73. The molecule has 0 spiro atoms. The molecule has 15 heavy (non-hydrogen) atoms. The molecule has 0 aromatic heterocycles. The molecular formula is C13H25NS. The molecule has 0 saturated carbocycles. The molecule has 1 aliphatic heterocycles. The number of rotatable bonds is 0. The summed E-state index contributed by atoms with van der Waals surface area (Å²) in [5, 5.41) is 1.38. The molecule has 1 aliphatic rings. The van der Waals surface area contributed by atoms with Crippen LogP contribution in [0.3, 0.4) is 0 Å². The minimum Gasteiger partial charge on any atom is -0.283 e. The van der Waals surface area contributed by atoms with Crippen molar-refractivity contribution in [1.29, 1.82) is 0 Å². The predicted molar refractivity (Wildman–Crippen MR) is 72.0 cm³/mol. The average Bonchev–Trinajstić information content (AvgIpc) is 2.29. The Kier molecular flexibility index (Phi) is 8.08. The van der Waals surface area contributed by atoms with E-state index in [0.717, 1.165) is 6.54 Å². The van der Waals surface area contributed by atoms with E-state index in [4.69, 9.17) is 0 Å². The highest BCUT2D eigenvalue weighted by atomic mass is 32.2. The van der Waals surface area contributed by atoms with Gasteiger partial charge in [0.25, 0.3) is 0 Å². The Morgan fingerprint density at radius 3 is 1.93 bits per heavy atom. The zero-order valence-electron chi connectivity index (χ0n) is 10.1. The SMILES string of the molecule is CS/C1=N\CCCCCCCCCCC1. The minimum absolute atomic E-state index is 1.07. The van der Waals surface area contributed by atoms with Crippen LogP contribution in [0.5, 0.6) is 0 Å². The van der Waals surface area contributed by atoms with Gasteiger partial charge in [0.1, 0.15) is 0 Å². The van der Waals surface area contributed by atoms with Crippen molar-refractivity contribution in [2.24, 2.45) is 4.99 Å². The molecule has 2 heteroatoms. The number of aliphatic imine (C=N–C) groups is 1. The topological polar surface area (TPSA) is 12.4 Å². The second-order valence-electron chi connectivity index (χ2n) is 4.41. The van der Waals surface area contributed by atoms with Crippen molar-refractivity contribution in [2.75, 3.05) is 12.8 Å². The van der Waals surface area contributed by atoms with E-state index < -0.39 is 0 Å². The first-order valence-electron chi connectivity index (χ1n) is 6.51. The summed E-state index contributed by atoms with van der Waals surface area (Å²) in [5.41, 5.74) is 0. The van der Waals surface area contributed by atoms with Gasteiger partial charge in [0.2, 0.25) is 0 Å². The molecular weight excluding hydrogens is 202 g/mol. The van der Waals surface area contributed by atoms with Crippen molar-refractivity contribution in [3.05, 3.63) is 0 Å². The molecule has 0 aromatic rings. The number of thioether (sulfide) groups is 1. The van der Waals surface area contributed by atoms with Crippen LogP contribution in [0.25, 0.3) is 0 Å². The molecule has 0 aromatic carbocycles. The summed E-state index contributed by atoms with van der Waals surface area (Å²) < 4.78 is 0. The minimum atomic E-state index is 1.07. The largest absolute Gasteiger partial charge is 0.283 e. The Morgan fingerprint density at radius 2 is 1.33 bits per heavy atom. The Balaban J connectivity index is 2.28. The molecule has 0 N–H and O–H groups in total. The van der Waals surface area contributed by atoms with Crippen molar-refractivity contribution < 1.29 is 0 Å². The van der Waals surface area contributed by atoms with Crippen LogP contribution in [0.15, 0.2) is 4.99 Å². The highest BCUT2D eigenvalue weighted by Crippen LogP contribution is 2.14. The third-order valence-electron chi connectivity index (χ3n) is 3.07. The van der Waals surface area contributed by atoms with Gasteiger partial charge in [0, 0.05) is 6.54 Å². The van der Waals surface area contributed by atoms with Crippen LogP contribution in [0.2, 0.25) is 0 Å². The monoisotopic (exact) mass is 227 g/mol. The predicted octanol–water partition coefficient (Wildman–Crippen LogP) is 4.66. The number of nitrogens with zero attached hydrogens (tertiary/aromatic N) is 1. The molecule has 0 atom stereocenters. The van der Waals surface area contributed by atoms with Crippen molar-refractivity contribution in [3.63, 3.8) is 0 Å². The second kappa shape index (κ2) is 9.26. The van der Waals surface area contributed by atoms with Gasteiger partial charge in [-0.3, -0.25) is 4.99 Å². The van der Waals surface area contributed by atoms with Crippen LogP contribution in [-0.4, -0.2) is 17.8 Å². The van der Waals surface area contributed by atoms with Gasteiger partial charge >= 0.3 is 0 Å². The lowest BCUT2D eigenvalue weighted by atomic mass is 10.1. The van der Waals surface area contributed by atoms with Crippen molar-refractivity contribution in [2.45, 2.75) is 64.2 Å². The third-order valence-corrected chi connectivity index (χ3v) is 3.88. The van der Waals surface area contributed by atoms with Crippen LogP contribution in [0.1, 0.15) is 64.2 Å². The molecule has 0 saturated heterocycles. The lowest BCUT2D eigenvalue weighted by Crippen LogP contribution is -1.94. The van der Waals surface area contributed by atoms with Gasteiger partial charge in [-0.25, -0.2) is 0 Å². The second-order valence-corrected chi connectivity index (χ2v) is 5.29. The smallest absolute Gasteiger partial charge is 0.0673 e. The molecule has 1 rings (SSSR count). The fourth-order valence-electron chi connectivity index (χ4n) is 2.07. The van der Waals surface area contributed by atoms with Gasteiger partial charge in [-0.1, -0.05) is 44.9 Å². The Bertz CT molecular complexity index is 177. The van der Waals surface area contributed by atoms with E-state index in [1.807, 2.05) is 11.8 Å². The van der Waals surface area contributed by atoms with Crippen LogP contribution >= 0.6 is 11.8 Å². The van der Waals surface area contributed by atoms with E-state index in [-0.39, 0.29) is 0 Å². The maximum atomic E-state index is 4.69. The average molecular weight is 227 g/mol. The van der Waals surface area contributed by atoms with Gasteiger partial charge in [0.15, 0.2) is 0 Å². The first kappa shape index (κ1) is 13.1. The molecule has 88 valence electrons. The number of hydrogen-bond acceptors (Lipinski definition) is 2. The van der Waals surface area contributed by atoms with E-state index in [9.17, 15) is 0 Å². The zero-order chi connectivity index (χ0) is 10.8. The van der Waals surface area contributed by atoms with Gasteiger partial charge in [-0.05, 0) is 25.5 Å². The molecule has 0 bridgehead atoms. The summed E-state index contributed by atoms with van der Waals surface area (Å²) in [6, 6.07) is 0. The molecule has 1 heterocycles. The molecule has 0 unspecified atom stereocenters. The summed E-state index contributed by atoms with van der Waals surface area (Å²) in [5.74, 6) is 0. The quantitative estimate of drug-likeness (QED) is 0.586. The maximum absolute atomic E-state index is 4.69. The van der Waals surface area contributed by atoms with Gasteiger partial charge in [0.05, 0.1) is 5.04 Å². The van der Waals surface area contributed by atoms with E-state index in [0.29, 0.717) is 0 Å². The van der Waals surface area contributed by atoms with E-state index in [1.165, 1.54) is 69.3 Å². The summed E-state index contributed by atoms with van der Waals surface area (Å²) in [6.07, 6.45) is 16.0. The molecule has 0 radical (unpaired) electrons. The van der Waals surface area contributed by atoms with Crippen LogP contribution in [0, 0.1) is 0 Å². The van der Waals surface area contributed by atoms with Crippen molar-refractivity contribution in [3.8, 4) is 0 Å². The normalized spacial score (nSPS) is 25.5. The number of hydrogen-bond donors (Lipinski definition) is 0. The standard InChI is InChI=1S/C13H25NS/c1-15-13-11-9-7-5-3-2-4-6-8-10-12-14-13/h2-12H2,1H3/b14-13-. The Hall–Kier alpha value is 0.0200. The van der Waals surface area contributed by atoms with E-state index >= 15 is 0 Å². The fraction of sp³-hybridized carbons (Fsp3) is 0.923. The lowest BCUT2D eigenvalue weighted by Gasteiger charge is -2.03. The summed E-state index contributed by atoms with van der Waals surface area (Å²) in [4.78, 5) is 4.69. The van der Waals surface area contributed by atoms with Crippen LogP contribution in [0.4, 0.5) is 0 Å². The van der Waals surface area contributed by atoms with Crippen molar-refractivity contribution >= 4 is 16.8 Å².